The number of benzene rings is 1. The molecule has 1 heterocycles. The lowest BCUT2D eigenvalue weighted by atomic mass is 9.90. The minimum atomic E-state index is -1.17. The number of β-amino-alcohol motifs (C(OH)–C–C–N with tert-alkyl or cyclic N) is 1. The second-order valence-electron chi connectivity index (χ2n) is 5.99. The second-order valence-corrected chi connectivity index (χ2v) is 5.99. The van der Waals surface area contributed by atoms with Gasteiger partial charge in [-0.2, -0.15) is 0 Å². The van der Waals surface area contributed by atoms with Gasteiger partial charge in [-0.1, -0.05) is 37.3 Å². The Bertz CT molecular complexity index is 458. The fraction of sp³-hybridized carbons (Fsp3) is 0.562. The van der Waals surface area contributed by atoms with Crippen LogP contribution >= 0.6 is 0 Å². The zero-order valence-corrected chi connectivity index (χ0v) is 12.1. The molecule has 110 valence electrons. The summed E-state index contributed by atoms with van der Waals surface area (Å²) in [5, 5.41) is 20.4. The van der Waals surface area contributed by atoms with Crippen molar-refractivity contribution in [2.75, 3.05) is 13.1 Å². The van der Waals surface area contributed by atoms with Gasteiger partial charge in [-0.15, -0.1) is 0 Å². The van der Waals surface area contributed by atoms with Crippen molar-refractivity contribution in [3.8, 4) is 0 Å². The van der Waals surface area contributed by atoms with Crippen molar-refractivity contribution >= 4 is 5.91 Å². The molecule has 1 aliphatic heterocycles. The predicted octanol–water partition coefficient (Wildman–Crippen LogP) is 1.51. The maximum absolute atomic E-state index is 12.3. The van der Waals surface area contributed by atoms with Gasteiger partial charge in [-0.25, -0.2) is 0 Å². The van der Waals surface area contributed by atoms with Gasteiger partial charge < -0.3 is 15.1 Å². The van der Waals surface area contributed by atoms with Gasteiger partial charge in [0.25, 0.3) is 0 Å². The van der Waals surface area contributed by atoms with Crippen LogP contribution in [0.5, 0.6) is 0 Å². The molecule has 0 aromatic heterocycles. The number of carbonyl (C=O) groups is 1. The molecular formula is C16H23NO3. The summed E-state index contributed by atoms with van der Waals surface area (Å²) in [4.78, 5) is 13.9. The number of rotatable bonds is 3. The number of carbonyl (C=O) groups excluding carboxylic acids is 1. The van der Waals surface area contributed by atoms with E-state index in [2.05, 4.69) is 0 Å². The Hall–Kier alpha value is -1.39. The third-order valence-electron chi connectivity index (χ3n) is 4.16. The number of aliphatic hydroxyl groups is 2. The number of hydrogen-bond acceptors (Lipinski definition) is 3. The molecule has 3 unspecified atom stereocenters. The van der Waals surface area contributed by atoms with E-state index in [1.807, 2.05) is 37.3 Å². The van der Waals surface area contributed by atoms with E-state index in [4.69, 9.17) is 0 Å². The molecule has 0 radical (unpaired) electrons. The Balaban J connectivity index is 2.01. The Morgan fingerprint density at radius 2 is 2.05 bits per heavy atom. The predicted molar refractivity (Wildman–Crippen MR) is 77.0 cm³/mol. The SMILES string of the molecule is CC1CCN(C(=O)CC(C)(O)c2ccccc2)CC1O. The maximum atomic E-state index is 12.3. The molecule has 1 saturated heterocycles. The van der Waals surface area contributed by atoms with Crippen LogP contribution in [0.1, 0.15) is 32.3 Å². The normalized spacial score (nSPS) is 26.1. The zero-order chi connectivity index (χ0) is 14.8. The third-order valence-corrected chi connectivity index (χ3v) is 4.16. The highest BCUT2D eigenvalue weighted by Crippen LogP contribution is 2.26. The van der Waals surface area contributed by atoms with Crippen molar-refractivity contribution in [2.24, 2.45) is 5.92 Å². The van der Waals surface area contributed by atoms with E-state index in [0.29, 0.717) is 13.1 Å². The molecule has 1 amide bonds. The van der Waals surface area contributed by atoms with E-state index >= 15 is 0 Å². The standard InChI is InChI=1S/C16H23NO3/c1-12-8-9-17(11-14(12)18)15(19)10-16(2,20)13-6-4-3-5-7-13/h3-7,12,14,18,20H,8-11H2,1-2H3. The number of amides is 1. The highest BCUT2D eigenvalue weighted by Gasteiger charge is 2.32. The van der Waals surface area contributed by atoms with Crippen molar-refractivity contribution in [1.82, 2.24) is 4.90 Å². The smallest absolute Gasteiger partial charge is 0.225 e. The van der Waals surface area contributed by atoms with E-state index in [0.717, 1.165) is 12.0 Å². The summed E-state index contributed by atoms with van der Waals surface area (Å²) in [6, 6.07) is 9.21. The minimum absolute atomic E-state index is 0.0398. The molecule has 1 aromatic carbocycles. The van der Waals surface area contributed by atoms with Crippen LogP contribution in [-0.4, -0.2) is 40.2 Å². The lowest BCUT2D eigenvalue weighted by Crippen LogP contribution is -2.47. The summed E-state index contributed by atoms with van der Waals surface area (Å²) in [5.41, 5.74) is -0.439. The topological polar surface area (TPSA) is 60.8 Å². The van der Waals surface area contributed by atoms with Crippen molar-refractivity contribution in [2.45, 2.75) is 38.4 Å². The van der Waals surface area contributed by atoms with Crippen molar-refractivity contribution in [1.29, 1.82) is 0 Å². The summed E-state index contributed by atoms with van der Waals surface area (Å²) in [6.45, 7) is 4.67. The number of nitrogens with zero attached hydrogens (tertiary/aromatic N) is 1. The molecule has 0 aliphatic carbocycles. The van der Waals surface area contributed by atoms with Crippen LogP contribution in [0.4, 0.5) is 0 Å². The van der Waals surface area contributed by atoms with Gasteiger partial charge in [0.05, 0.1) is 18.1 Å². The Morgan fingerprint density at radius 3 is 2.65 bits per heavy atom. The Morgan fingerprint density at radius 1 is 1.40 bits per heavy atom. The van der Waals surface area contributed by atoms with Crippen LogP contribution < -0.4 is 0 Å². The van der Waals surface area contributed by atoms with E-state index < -0.39 is 11.7 Å². The zero-order valence-electron chi connectivity index (χ0n) is 12.1. The van der Waals surface area contributed by atoms with Gasteiger partial charge in [0.1, 0.15) is 0 Å². The van der Waals surface area contributed by atoms with E-state index in [9.17, 15) is 15.0 Å². The van der Waals surface area contributed by atoms with Crippen LogP contribution in [0.15, 0.2) is 30.3 Å². The first-order valence-electron chi connectivity index (χ1n) is 7.14. The fourth-order valence-electron chi connectivity index (χ4n) is 2.58. The summed E-state index contributed by atoms with van der Waals surface area (Å²) < 4.78 is 0. The molecule has 1 fully saturated rings. The molecular weight excluding hydrogens is 254 g/mol. The molecule has 1 aromatic rings. The lowest BCUT2D eigenvalue weighted by molar-refractivity contribution is -0.140. The number of hydrogen-bond donors (Lipinski definition) is 2. The monoisotopic (exact) mass is 277 g/mol. The minimum Gasteiger partial charge on any atom is -0.391 e. The molecule has 20 heavy (non-hydrogen) atoms. The van der Waals surface area contributed by atoms with Crippen LogP contribution in [0.25, 0.3) is 0 Å². The average molecular weight is 277 g/mol. The number of likely N-dealkylation sites (tertiary alicyclic amines) is 1. The quantitative estimate of drug-likeness (QED) is 0.880. The Labute approximate surface area is 120 Å². The third kappa shape index (κ3) is 3.38. The maximum Gasteiger partial charge on any atom is 0.225 e. The van der Waals surface area contributed by atoms with Crippen molar-refractivity contribution in [3.05, 3.63) is 35.9 Å². The second kappa shape index (κ2) is 5.94. The average Bonchev–Trinajstić information content (AvgIpc) is 2.42. The lowest BCUT2D eigenvalue weighted by Gasteiger charge is -2.36. The first kappa shape index (κ1) is 15.0. The summed E-state index contributed by atoms with van der Waals surface area (Å²) >= 11 is 0. The molecule has 0 saturated carbocycles. The largest absolute Gasteiger partial charge is 0.391 e. The number of piperidine rings is 1. The molecule has 0 bridgehead atoms. The van der Waals surface area contributed by atoms with Gasteiger partial charge in [-0.05, 0) is 24.8 Å². The highest BCUT2D eigenvalue weighted by atomic mass is 16.3. The van der Waals surface area contributed by atoms with Gasteiger partial charge in [0, 0.05) is 13.1 Å². The molecule has 0 spiro atoms. The molecule has 4 nitrogen and oxygen atoms in total. The molecule has 2 rings (SSSR count). The molecule has 3 atom stereocenters. The van der Waals surface area contributed by atoms with Crippen LogP contribution in [-0.2, 0) is 10.4 Å². The first-order chi connectivity index (χ1) is 9.40. The summed E-state index contributed by atoms with van der Waals surface area (Å²) in [6.07, 6.45) is 0.382. The van der Waals surface area contributed by atoms with Gasteiger partial charge in [0.2, 0.25) is 5.91 Å². The van der Waals surface area contributed by atoms with E-state index in [-0.39, 0.29) is 18.2 Å². The van der Waals surface area contributed by atoms with Gasteiger partial charge >= 0.3 is 0 Å². The van der Waals surface area contributed by atoms with E-state index in [1.54, 1.807) is 11.8 Å². The molecule has 4 heteroatoms. The van der Waals surface area contributed by atoms with Crippen molar-refractivity contribution in [3.63, 3.8) is 0 Å². The van der Waals surface area contributed by atoms with Gasteiger partial charge in [-0.3, -0.25) is 4.79 Å². The molecule has 1 aliphatic rings. The van der Waals surface area contributed by atoms with Crippen LogP contribution in [0.3, 0.4) is 0 Å². The van der Waals surface area contributed by atoms with Crippen molar-refractivity contribution < 1.29 is 15.0 Å². The van der Waals surface area contributed by atoms with E-state index in [1.165, 1.54) is 0 Å². The summed E-state index contributed by atoms with van der Waals surface area (Å²) in [5.74, 6) is 0.124. The number of aliphatic hydroxyl groups excluding tert-OH is 1. The Kier molecular flexibility index (Phi) is 4.45. The van der Waals surface area contributed by atoms with Crippen LogP contribution in [0, 0.1) is 5.92 Å². The fourth-order valence-corrected chi connectivity index (χ4v) is 2.58. The van der Waals surface area contributed by atoms with Crippen LogP contribution in [0.2, 0.25) is 0 Å². The first-order valence-corrected chi connectivity index (χ1v) is 7.14. The highest BCUT2D eigenvalue weighted by molar-refractivity contribution is 5.77. The summed E-state index contributed by atoms with van der Waals surface area (Å²) in [7, 11) is 0. The molecule has 2 N–H and O–H groups in total. The van der Waals surface area contributed by atoms with Gasteiger partial charge in [0.15, 0.2) is 0 Å².